The average Bonchev–Trinajstić information content (AvgIpc) is 2.60. The molecule has 5 nitrogen and oxygen atoms in total. The number of rotatable bonds is 4. The molecule has 0 saturated carbocycles. The monoisotopic (exact) mass is 229 g/mol. The van der Waals surface area contributed by atoms with Crippen molar-refractivity contribution < 1.29 is 19.4 Å². The van der Waals surface area contributed by atoms with E-state index in [1.54, 1.807) is 4.90 Å². The summed E-state index contributed by atoms with van der Waals surface area (Å²) in [6.07, 6.45) is 0.190. The zero-order chi connectivity index (χ0) is 12.3. The molecule has 5 heteroatoms. The minimum atomic E-state index is -0.384. The van der Waals surface area contributed by atoms with Crippen LogP contribution in [-0.4, -0.2) is 48.2 Å². The molecule has 1 aliphatic heterocycles. The first-order chi connectivity index (χ1) is 7.51. The molecule has 1 amide bonds. The molecular weight excluding hydrogens is 210 g/mol. The van der Waals surface area contributed by atoms with E-state index in [1.165, 1.54) is 7.11 Å². The van der Waals surface area contributed by atoms with Crippen LogP contribution in [-0.2, 0) is 14.3 Å². The molecule has 92 valence electrons. The minimum Gasteiger partial charge on any atom is -0.469 e. The molecule has 1 unspecified atom stereocenters. The largest absolute Gasteiger partial charge is 0.469 e. The molecule has 1 fully saturated rings. The molecule has 16 heavy (non-hydrogen) atoms. The standard InChI is InChI=1S/C11H19NO4/c1-7(2)9(6-13)12-5-8(4-10(12)14)11(15)16-3/h7-9,13H,4-6H2,1-3H3/t8?,9-/m1/s1. The highest BCUT2D eigenvalue weighted by atomic mass is 16.5. The predicted molar refractivity (Wildman–Crippen MR) is 57.5 cm³/mol. The molecule has 2 atom stereocenters. The molecule has 1 N–H and O–H groups in total. The highest BCUT2D eigenvalue weighted by Crippen LogP contribution is 2.24. The summed E-state index contributed by atoms with van der Waals surface area (Å²) >= 11 is 0. The molecule has 1 heterocycles. The van der Waals surface area contributed by atoms with Gasteiger partial charge in [-0.1, -0.05) is 13.8 Å². The Morgan fingerprint density at radius 1 is 1.62 bits per heavy atom. The first-order valence-corrected chi connectivity index (χ1v) is 5.49. The third kappa shape index (κ3) is 2.52. The number of hydrogen-bond acceptors (Lipinski definition) is 4. The van der Waals surface area contributed by atoms with Crippen molar-refractivity contribution in [1.29, 1.82) is 0 Å². The number of aliphatic hydroxyl groups is 1. The van der Waals surface area contributed by atoms with E-state index < -0.39 is 0 Å². The average molecular weight is 229 g/mol. The number of esters is 1. The van der Waals surface area contributed by atoms with Gasteiger partial charge in [0.25, 0.3) is 0 Å². The van der Waals surface area contributed by atoms with Crippen LogP contribution in [0.2, 0.25) is 0 Å². The quantitative estimate of drug-likeness (QED) is 0.690. The molecule has 0 radical (unpaired) electrons. The van der Waals surface area contributed by atoms with Gasteiger partial charge in [-0.3, -0.25) is 9.59 Å². The van der Waals surface area contributed by atoms with Gasteiger partial charge in [0.1, 0.15) is 0 Å². The second-order valence-corrected chi connectivity index (χ2v) is 4.46. The van der Waals surface area contributed by atoms with E-state index in [0.29, 0.717) is 6.54 Å². The fourth-order valence-electron chi connectivity index (χ4n) is 2.05. The van der Waals surface area contributed by atoms with E-state index in [0.717, 1.165) is 0 Å². The van der Waals surface area contributed by atoms with Crippen LogP contribution in [0.15, 0.2) is 0 Å². The first-order valence-electron chi connectivity index (χ1n) is 5.49. The number of ether oxygens (including phenoxy) is 1. The lowest BCUT2D eigenvalue weighted by atomic mass is 10.0. The fraction of sp³-hybridized carbons (Fsp3) is 0.818. The molecule has 1 rings (SSSR count). The van der Waals surface area contributed by atoms with Gasteiger partial charge >= 0.3 is 5.97 Å². The summed E-state index contributed by atoms with van der Waals surface area (Å²) < 4.78 is 4.62. The summed E-state index contributed by atoms with van der Waals surface area (Å²) in [5.41, 5.74) is 0. The molecule has 1 aliphatic rings. The van der Waals surface area contributed by atoms with Crippen molar-refractivity contribution in [3.63, 3.8) is 0 Å². The predicted octanol–water partition coefficient (Wildman–Crippen LogP) is 0.0248. The zero-order valence-corrected chi connectivity index (χ0v) is 9.97. The van der Waals surface area contributed by atoms with Gasteiger partial charge in [0, 0.05) is 13.0 Å². The lowest BCUT2D eigenvalue weighted by Crippen LogP contribution is -2.42. The van der Waals surface area contributed by atoms with Crippen molar-refractivity contribution >= 4 is 11.9 Å². The summed E-state index contributed by atoms with van der Waals surface area (Å²) in [5.74, 6) is -0.643. The van der Waals surface area contributed by atoms with Crippen molar-refractivity contribution in [3.8, 4) is 0 Å². The minimum absolute atomic E-state index is 0.0721. The highest BCUT2D eigenvalue weighted by Gasteiger charge is 2.39. The van der Waals surface area contributed by atoms with Gasteiger partial charge in [-0.05, 0) is 5.92 Å². The first kappa shape index (κ1) is 13.0. The van der Waals surface area contributed by atoms with Crippen molar-refractivity contribution in [2.45, 2.75) is 26.3 Å². The Morgan fingerprint density at radius 3 is 2.69 bits per heavy atom. The Balaban J connectivity index is 2.70. The highest BCUT2D eigenvalue weighted by molar-refractivity contribution is 5.87. The second-order valence-electron chi connectivity index (χ2n) is 4.46. The van der Waals surface area contributed by atoms with E-state index in [1.807, 2.05) is 13.8 Å². The van der Waals surface area contributed by atoms with E-state index in [4.69, 9.17) is 0 Å². The molecular formula is C11H19NO4. The van der Waals surface area contributed by atoms with Crippen LogP contribution in [0.5, 0.6) is 0 Å². The Labute approximate surface area is 95.4 Å². The lowest BCUT2D eigenvalue weighted by Gasteiger charge is -2.29. The van der Waals surface area contributed by atoms with Gasteiger partial charge < -0.3 is 14.7 Å². The van der Waals surface area contributed by atoms with E-state index in [-0.39, 0.29) is 42.8 Å². The second kappa shape index (κ2) is 5.30. The van der Waals surface area contributed by atoms with E-state index in [9.17, 15) is 14.7 Å². The molecule has 0 aromatic carbocycles. The van der Waals surface area contributed by atoms with E-state index in [2.05, 4.69) is 4.74 Å². The van der Waals surface area contributed by atoms with Crippen molar-refractivity contribution in [2.75, 3.05) is 20.3 Å². The van der Waals surface area contributed by atoms with Gasteiger partial charge in [-0.25, -0.2) is 0 Å². The Hall–Kier alpha value is -1.10. The van der Waals surface area contributed by atoms with Gasteiger partial charge in [0.15, 0.2) is 0 Å². The number of methoxy groups -OCH3 is 1. The number of hydrogen-bond donors (Lipinski definition) is 1. The molecule has 0 bridgehead atoms. The summed E-state index contributed by atoms with van der Waals surface area (Å²) in [5, 5.41) is 9.25. The van der Waals surface area contributed by atoms with Crippen LogP contribution >= 0.6 is 0 Å². The van der Waals surface area contributed by atoms with Crippen molar-refractivity contribution in [1.82, 2.24) is 4.90 Å². The van der Waals surface area contributed by atoms with Gasteiger partial charge in [-0.15, -0.1) is 0 Å². The Bertz CT molecular complexity index is 277. The van der Waals surface area contributed by atoms with Gasteiger partial charge in [0.2, 0.25) is 5.91 Å². The molecule has 0 spiro atoms. The molecule has 1 saturated heterocycles. The number of carbonyl (C=O) groups is 2. The van der Waals surface area contributed by atoms with Gasteiger partial charge in [-0.2, -0.15) is 0 Å². The van der Waals surface area contributed by atoms with Crippen LogP contribution in [0, 0.1) is 11.8 Å². The molecule has 0 aromatic heterocycles. The maximum atomic E-state index is 11.7. The third-order valence-electron chi connectivity index (χ3n) is 3.05. The Kier molecular flexibility index (Phi) is 4.29. The fourth-order valence-corrected chi connectivity index (χ4v) is 2.05. The molecule has 0 aromatic rings. The smallest absolute Gasteiger partial charge is 0.310 e. The summed E-state index contributed by atoms with van der Waals surface area (Å²) in [4.78, 5) is 24.6. The topological polar surface area (TPSA) is 66.8 Å². The number of amides is 1. The summed E-state index contributed by atoms with van der Waals surface area (Å²) in [7, 11) is 1.32. The lowest BCUT2D eigenvalue weighted by molar-refractivity contribution is -0.145. The summed E-state index contributed by atoms with van der Waals surface area (Å²) in [6, 6.07) is -0.206. The van der Waals surface area contributed by atoms with E-state index >= 15 is 0 Å². The number of likely N-dealkylation sites (tertiary alicyclic amines) is 1. The number of carbonyl (C=O) groups excluding carboxylic acids is 2. The van der Waals surface area contributed by atoms with Crippen LogP contribution < -0.4 is 0 Å². The van der Waals surface area contributed by atoms with Crippen molar-refractivity contribution in [2.24, 2.45) is 11.8 Å². The van der Waals surface area contributed by atoms with Crippen LogP contribution in [0.3, 0.4) is 0 Å². The van der Waals surface area contributed by atoms with Gasteiger partial charge in [0.05, 0.1) is 25.7 Å². The Morgan fingerprint density at radius 2 is 2.25 bits per heavy atom. The normalized spacial score (nSPS) is 22.7. The maximum absolute atomic E-state index is 11.7. The summed E-state index contributed by atoms with van der Waals surface area (Å²) in [6.45, 7) is 4.17. The number of nitrogens with zero attached hydrogens (tertiary/aromatic N) is 1. The maximum Gasteiger partial charge on any atom is 0.310 e. The number of aliphatic hydroxyl groups excluding tert-OH is 1. The van der Waals surface area contributed by atoms with Crippen LogP contribution in [0.1, 0.15) is 20.3 Å². The van der Waals surface area contributed by atoms with Crippen LogP contribution in [0.25, 0.3) is 0 Å². The zero-order valence-electron chi connectivity index (χ0n) is 9.97. The van der Waals surface area contributed by atoms with Crippen LogP contribution in [0.4, 0.5) is 0 Å². The van der Waals surface area contributed by atoms with Crippen molar-refractivity contribution in [3.05, 3.63) is 0 Å². The third-order valence-corrected chi connectivity index (χ3v) is 3.05. The molecule has 0 aliphatic carbocycles. The SMILES string of the molecule is COC(=O)C1CC(=O)N([C@H](CO)C(C)C)C1.